The third kappa shape index (κ3) is 4.45. The van der Waals surface area contributed by atoms with E-state index in [2.05, 4.69) is 15.3 Å². The molecule has 3 aromatic carbocycles. The first-order valence-corrected chi connectivity index (χ1v) is 9.99. The summed E-state index contributed by atoms with van der Waals surface area (Å²) in [7, 11) is 0. The zero-order valence-corrected chi connectivity index (χ0v) is 17.2. The molecule has 0 bridgehead atoms. The van der Waals surface area contributed by atoms with E-state index in [4.69, 9.17) is 9.47 Å². The summed E-state index contributed by atoms with van der Waals surface area (Å²) in [6.07, 6.45) is 1.61. The lowest BCUT2D eigenvalue weighted by molar-refractivity contribution is 0.0525. The van der Waals surface area contributed by atoms with Gasteiger partial charge in [-0.3, -0.25) is 4.98 Å². The maximum atomic E-state index is 12.3. The van der Waals surface area contributed by atoms with Crippen molar-refractivity contribution in [2.24, 2.45) is 0 Å². The Bertz CT molecular complexity index is 1250. The molecule has 4 rings (SSSR count). The summed E-state index contributed by atoms with van der Waals surface area (Å²) in [5.74, 6) is -0.556. The fraction of sp³-hybridized carbons (Fsp3) is 0.167. The van der Waals surface area contributed by atoms with Crippen LogP contribution in [0.3, 0.4) is 0 Å². The number of fused-ring (bicyclic) bond motifs is 2. The monoisotopic (exact) mass is 415 g/mol. The Morgan fingerprint density at radius 3 is 2.00 bits per heavy atom. The molecule has 7 heteroatoms. The minimum Gasteiger partial charge on any atom is -0.462 e. The van der Waals surface area contributed by atoms with Crippen molar-refractivity contribution in [3.63, 3.8) is 0 Å². The second-order valence-electron chi connectivity index (χ2n) is 6.81. The molecule has 0 spiro atoms. The lowest BCUT2D eigenvalue weighted by Crippen LogP contribution is -2.10. The van der Waals surface area contributed by atoms with Crippen LogP contribution >= 0.6 is 0 Å². The molecule has 1 heterocycles. The largest absolute Gasteiger partial charge is 0.462 e. The fourth-order valence-corrected chi connectivity index (χ4v) is 3.27. The summed E-state index contributed by atoms with van der Waals surface area (Å²) in [6.45, 7) is 3.91. The molecule has 0 fully saturated rings. The maximum absolute atomic E-state index is 12.3. The second kappa shape index (κ2) is 8.79. The lowest BCUT2D eigenvalue weighted by Gasteiger charge is -2.11. The van der Waals surface area contributed by atoms with Crippen molar-refractivity contribution in [3.8, 4) is 0 Å². The summed E-state index contributed by atoms with van der Waals surface area (Å²) in [4.78, 5) is 33.6. The molecule has 156 valence electrons. The summed E-state index contributed by atoms with van der Waals surface area (Å²) in [6, 6.07) is 16.6. The van der Waals surface area contributed by atoms with E-state index in [0.29, 0.717) is 11.5 Å². The smallest absolute Gasteiger partial charge is 0.338 e. The maximum Gasteiger partial charge on any atom is 0.338 e. The van der Waals surface area contributed by atoms with Crippen molar-refractivity contribution in [1.82, 2.24) is 9.97 Å². The van der Waals surface area contributed by atoms with Crippen molar-refractivity contribution in [3.05, 3.63) is 71.9 Å². The number of rotatable bonds is 6. The van der Waals surface area contributed by atoms with Gasteiger partial charge in [0.1, 0.15) is 5.82 Å². The van der Waals surface area contributed by atoms with Crippen LogP contribution in [0, 0.1) is 0 Å². The predicted octanol–water partition coefficient (Wildman–Crippen LogP) is 4.88. The van der Waals surface area contributed by atoms with Crippen LogP contribution in [0.15, 0.2) is 60.8 Å². The van der Waals surface area contributed by atoms with E-state index >= 15 is 0 Å². The molecular weight excluding hydrogens is 394 g/mol. The van der Waals surface area contributed by atoms with Crippen molar-refractivity contribution in [2.45, 2.75) is 13.8 Å². The Morgan fingerprint density at radius 2 is 1.42 bits per heavy atom. The van der Waals surface area contributed by atoms with E-state index in [1.54, 1.807) is 32.2 Å². The number of carbonyl (C=O) groups is 2. The van der Waals surface area contributed by atoms with Gasteiger partial charge in [-0.2, -0.15) is 0 Å². The standard InChI is InChI=1S/C24H21N3O4/c1-3-30-23(28)17-9-18(24(29)31-4-2)11-19(10-17)26-22-14-25-20-12-15-7-5-6-8-16(15)13-21(20)27-22/h5-14H,3-4H2,1-2H3,(H,26,27). The van der Waals surface area contributed by atoms with Gasteiger partial charge in [-0.15, -0.1) is 0 Å². The van der Waals surface area contributed by atoms with Gasteiger partial charge >= 0.3 is 11.9 Å². The normalized spacial score (nSPS) is 10.8. The van der Waals surface area contributed by atoms with Crippen LogP contribution < -0.4 is 5.32 Å². The lowest BCUT2D eigenvalue weighted by atomic mass is 10.1. The molecule has 1 N–H and O–H groups in total. The molecule has 0 aliphatic heterocycles. The predicted molar refractivity (Wildman–Crippen MR) is 119 cm³/mol. The van der Waals surface area contributed by atoms with Crippen molar-refractivity contribution >= 4 is 45.2 Å². The van der Waals surface area contributed by atoms with E-state index in [9.17, 15) is 9.59 Å². The van der Waals surface area contributed by atoms with Crippen molar-refractivity contribution in [2.75, 3.05) is 18.5 Å². The number of hydrogen-bond donors (Lipinski definition) is 1. The molecule has 0 aliphatic rings. The first-order chi connectivity index (χ1) is 15.1. The Labute approximate surface area is 179 Å². The number of hydrogen-bond acceptors (Lipinski definition) is 7. The van der Waals surface area contributed by atoms with Crippen LogP contribution in [-0.4, -0.2) is 35.1 Å². The highest BCUT2D eigenvalue weighted by Crippen LogP contribution is 2.24. The number of aromatic nitrogens is 2. The summed E-state index contributed by atoms with van der Waals surface area (Å²) in [5, 5.41) is 5.28. The number of nitrogens with one attached hydrogen (secondary N) is 1. The molecule has 0 aliphatic carbocycles. The van der Waals surface area contributed by atoms with Crippen molar-refractivity contribution in [1.29, 1.82) is 0 Å². The van der Waals surface area contributed by atoms with Crippen LogP contribution in [0.4, 0.5) is 11.5 Å². The molecule has 0 unspecified atom stereocenters. The highest BCUT2D eigenvalue weighted by molar-refractivity contribution is 5.98. The molecule has 1 aromatic heterocycles. The number of benzene rings is 3. The fourth-order valence-electron chi connectivity index (χ4n) is 3.27. The SMILES string of the molecule is CCOC(=O)c1cc(Nc2cnc3cc4ccccc4cc3n2)cc(C(=O)OCC)c1. The van der Waals surface area contributed by atoms with Crippen molar-refractivity contribution < 1.29 is 19.1 Å². The van der Waals surface area contributed by atoms with Gasteiger partial charge in [-0.1, -0.05) is 24.3 Å². The van der Waals surface area contributed by atoms with Crippen LogP contribution in [0.25, 0.3) is 21.8 Å². The Morgan fingerprint density at radius 1 is 0.839 bits per heavy atom. The van der Waals surface area contributed by atoms with E-state index in [0.717, 1.165) is 21.8 Å². The van der Waals surface area contributed by atoms with Crippen LogP contribution in [0.1, 0.15) is 34.6 Å². The quantitative estimate of drug-likeness (QED) is 0.354. The molecule has 0 saturated heterocycles. The number of carbonyl (C=O) groups excluding carboxylic acids is 2. The van der Waals surface area contributed by atoms with Gasteiger partial charge < -0.3 is 14.8 Å². The minimum absolute atomic E-state index is 0.231. The average Bonchev–Trinajstić information content (AvgIpc) is 2.77. The summed E-state index contributed by atoms with van der Waals surface area (Å²) >= 11 is 0. The number of nitrogens with zero attached hydrogens (tertiary/aromatic N) is 2. The molecule has 31 heavy (non-hydrogen) atoms. The zero-order valence-electron chi connectivity index (χ0n) is 17.2. The van der Waals surface area contributed by atoms with E-state index in [-0.39, 0.29) is 24.3 Å². The van der Waals surface area contributed by atoms with Gasteiger partial charge in [0.15, 0.2) is 0 Å². The van der Waals surface area contributed by atoms with E-state index in [1.807, 2.05) is 36.4 Å². The number of esters is 2. The van der Waals surface area contributed by atoms with Crippen LogP contribution in [-0.2, 0) is 9.47 Å². The molecule has 0 radical (unpaired) electrons. The molecule has 0 saturated carbocycles. The van der Waals surface area contributed by atoms with Gasteiger partial charge in [-0.05, 0) is 55.0 Å². The Balaban J connectivity index is 1.71. The molecule has 0 atom stereocenters. The minimum atomic E-state index is -0.521. The third-order valence-corrected chi connectivity index (χ3v) is 4.64. The first-order valence-electron chi connectivity index (χ1n) is 9.99. The summed E-state index contributed by atoms with van der Waals surface area (Å²) < 4.78 is 10.2. The second-order valence-corrected chi connectivity index (χ2v) is 6.81. The van der Waals surface area contributed by atoms with Gasteiger partial charge in [0.25, 0.3) is 0 Å². The third-order valence-electron chi connectivity index (χ3n) is 4.64. The Kier molecular flexibility index (Phi) is 5.75. The highest BCUT2D eigenvalue weighted by atomic mass is 16.5. The average molecular weight is 415 g/mol. The van der Waals surface area contributed by atoms with Gasteiger partial charge in [0, 0.05) is 5.69 Å². The zero-order chi connectivity index (χ0) is 21.8. The van der Waals surface area contributed by atoms with E-state index in [1.165, 1.54) is 6.07 Å². The highest BCUT2D eigenvalue weighted by Gasteiger charge is 2.15. The molecule has 0 amide bonds. The summed E-state index contributed by atoms with van der Waals surface area (Å²) in [5.41, 5.74) is 2.50. The molecule has 4 aromatic rings. The first kappa shape index (κ1) is 20.3. The van der Waals surface area contributed by atoms with Gasteiger partial charge in [0.05, 0.1) is 41.6 Å². The molecule has 7 nitrogen and oxygen atoms in total. The topological polar surface area (TPSA) is 90.4 Å². The van der Waals surface area contributed by atoms with Crippen LogP contribution in [0.5, 0.6) is 0 Å². The number of ether oxygens (including phenoxy) is 2. The van der Waals surface area contributed by atoms with Crippen LogP contribution in [0.2, 0.25) is 0 Å². The van der Waals surface area contributed by atoms with Gasteiger partial charge in [0.2, 0.25) is 0 Å². The number of anilines is 2. The Hall–Kier alpha value is -4.00. The van der Waals surface area contributed by atoms with Gasteiger partial charge in [-0.25, -0.2) is 14.6 Å². The van der Waals surface area contributed by atoms with E-state index < -0.39 is 11.9 Å². The molecular formula is C24H21N3O4.